The van der Waals surface area contributed by atoms with Crippen molar-refractivity contribution in [2.75, 3.05) is 5.32 Å². The van der Waals surface area contributed by atoms with Gasteiger partial charge in [-0.1, -0.05) is 43.3 Å². The number of H-pyrrole nitrogens is 1. The van der Waals surface area contributed by atoms with Crippen LogP contribution in [0.1, 0.15) is 29.2 Å². The Bertz CT molecular complexity index is 909. The summed E-state index contributed by atoms with van der Waals surface area (Å²) >= 11 is 0. The van der Waals surface area contributed by atoms with E-state index < -0.39 is 0 Å². The van der Waals surface area contributed by atoms with E-state index in [4.69, 9.17) is 0 Å². The number of hydrogen-bond donors (Lipinski definition) is 2. The number of aromatic nitrogens is 1. The summed E-state index contributed by atoms with van der Waals surface area (Å²) in [6, 6.07) is 14.3. The van der Waals surface area contributed by atoms with Crippen LogP contribution < -0.4 is 10.9 Å². The zero-order valence-electron chi connectivity index (χ0n) is 13.9. The van der Waals surface area contributed by atoms with Gasteiger partial charge in [-0.15, -0.1) is 0 Å². The molecule has 118 valence electrons. The Morgan fingerprint density at radius 2 is 1.74 bits per heavy atom. The van der Waals surface area contributed by atoms with Gasteiger partial charge < -0.3 is 10.3 Å². The van der Waals surface area contributed by atoms with Crippen molar-refractivity contribution in [3.63, 3.8) is 0 Å². The van der Waals surface area contributed by atoms with E-state index in [9.17, 15) is 4.79 Å². The molecule has 3 aromatic rings. The molecule has 3 heteroatoms. The van der Waals surface area contributed by atoms with Gasteiger partial charge in [0.1, 0.15) is 0 Å². The number of nitrogens with one attached hydrogen (secondary N) is 2. The maximum absolute atomic E-state index is 12.4. The fourth-order valence-corrected chi connectivity index (χ4v) is 3.02. The number of hydrogen-bond acceptors (Lipinski definition) is 2. The summed E-state index contributed by atoms with van der Waals surface area (Å²) in [4.78, 5) is 15.4. The predicted molar refractivity (Wildman–Crippen MR) is 97.2 cm³/mol. The lowest BCUT2D eigenvalue weighted by Gasteiger charge is -2.14. The van der Waals surface area contributed by atoms with E-state index in [1.54, 1.807) is 0 Å². The van der Waals surface area contributed by atoms with Gasteiger partial charge in [0, 0.05) is 17.8 Å². The Balaban J connectivity index is 1.94. The van der Waals surface area contributed by atoms with Gasteiger partial charge in [0.25, 0.3) is 5.56 Å². The van der Waals surface area contributed by atoms with Crippen LogP contribution in [0.25, 0.3) is 10.9 Å². The first-order valence-corrected chi connectivity index (χ1v) is 8.04. The third kappa shape index (κ3) is 3.00. The molecule has 0 saturated heterocycles. The van der Waals surface area contributed by atoms with Crippen LogP contribution in [0.2, 0.25) is 0 Å². The molecular formula is C20H22N2O. The van der Waals surface area contributed by atoms with Crippen LogP contribution in [0, 0.1) is 13.8 Å². The molecule has 1 aromatic heterocycles. The number of anilines is 1. The molecular weight excluding hydrogens is 284 g/mol. The highest BCUT2D eigenvalue weighted by Crippen LogP contribution is 2.22. The minimum absolute atomic E-state index is 0.0223. The van der Waals surface area contributed by atoms with Crippen molar-refractivity contribution in [3.05, 3.63) is 75.1 Å². The molecule has 0 aliphatic carbocycles. The molecule has 0 atom stereocenters. The number of para-hydroxylation sites is 2. The molecule has 1 heterocycles. The topological polar surface area (TPSA) is 44.9 Å². The first-order valence-electron chi connectivity index (χ1n) is 8.04. The summed E-state index contributed by atoms with van der Waals surface area (Å²) in [5.74, 6) is 0. The Hall–Kier alpha value is -2.55. The van der Waals surface area contributed by atoms with Crippen LogP contribution in [-0.2, 0) is 13.0 Å². The molecule has 0 aliphatic rings. The first kappa shape index (κ1) is 15.3. The molecule has 23 heavy (non-hydrogen) atoms. The second-order valence-corrected chi connectivity index (χ2v) is 5.98. The normalized spacial score (nSPS) is 10.9. The Morgan fingerprint density at radius 3 is 2.52 bits per heavy atom. The average molecular weight is 306 g/mol. The second kappa shape index (κ2) is 6.29. The monoisotopic (exact) mass is 306 g/mol. The van der Waals surface area contributed by atoms with Gasteiger partial charge in [-0.05, 0) is 48.4 Å². The lowest BCUT2D eigenvalue weighted by Crippen LogP contribution is -2.16. The highest BCUT2D eigenvalue weighted by atomic mass is 16.1. The van der Waals surface area contributed by atoms with Gasteiger partial charge in [0.05, 0.1) is 5.52 Å². The summed E-state index contributed by atoms with van der Waals surface area (Å²) < 4.78 is 0. The maximum atomic E-state index is 12.4. The number of pyridine rings is 1. The van der Waals surface area contributed by atoms with Crippen LogP contribution in [-0.4, -0.2) is 4.98 Å². The SMILES string of the molecule is CCc1cccc(C)c1NCc1cc2cccc(C)c2[nH]c1=O. The number of aromatic amines is 1. The van der Waals surface area contributed by atoms with Crippen LogP contribution in [0.3, 0.4) is 0 Å². The van der Waals surface area contributed by atoms with E-state index in [0.29, 0.717) is 6.54 Å². The number of fused-ring (bicyclic) bond motifs is 1. The largest absolute Gasteiger partial charge is 0.380 e. The van der Waals surface area contributed by atoms with Crippen molar-refractivity contribution >= 4 is 16.6 Å². The van der Waals surface area contributed by atoms with Crippen molar-refractivity contribution in [3.8, 4) is 0 Å². The number of rotatable bonds is 4. The predicted octanol–water partition coefficient (Wildman–Crippen LogP) is 4.32. The summed E-state index contributed by atoms with van der Waals surface area (Å²) in [6.45, 7) is 6.77. The number of benzene rings is 2. The molecule has 2 N–H and O–H groups in total. The van der Waals surface area contributed by atoms with Crippen molar-refractivity contribution in [2.45, 2.75) is 33.7 Å². The van der Waals surface area contributed by atoms with Crippen molar-refractivity contribution in [2.24, 2.45) is 0 Å². The van der Waals surface area contributed by atoms with Crippen LogP contribution in [0.15, 0.2) is 47.3 Å². The smallest absolute Gasteiger partial charge is 0.253 e. The summed E-state index contributed by atoms with van der Waals surface area (Å²) in [6.07, 6.45) is 0.970. The second-order valence-electron chi connectivity index (χ2n) is 5.98. The van der Waals surface area contributed by atoms with E-state index in [0.717, 1.165) is 34.1 Å². The Labute approximate surface area is 136 Å². The molecule has 0 fully saturated rings. The van der Waals surface area contributed by atoms with Crippen molar-refractivity contribution in [1.82, 2.24) is 4.98 Å². The highest BCUT2D eigenvalue weighted by Gasteiger charge is 2.07. The Morgan fingerprint density at radius 1 is 1.00 bits per heavy atom. The lowest BCUT2D eigenvalue weighted by molar-refractivity contribution is 1.06. The van der Waals surface area contributed by atoms with Crippen molar-refractivity contribution in [1.29, 1.82) is 0 Å². The fourth-order valence-electron chi connectivity index (χ4n) is 3.02. The van der Waals surface area contributed by atoms with Gasteiger partial charge in [0.15, 0.2) is 0 Å². The van der Waals surface area contributed by atoms with E-state index in [1.807, 2.05) is 31.2 Å². The lowest BCUT2D eigenvalue weighted by atomic mass is 10.1. The van der Waals surface area contributed by atoms with E-state index >= 15 is 0 Å². The molecule has 2 aromatic carbocycles. The molecule has 0 unspecified atom stereocenters. The maximum Gasteiger partial charge on any atom is 0.253 e. The molecule has 0 radical (unpaired) electrons. The third-order valence-electron chi connectivity index (χ3n) is 4.36. The molecule has 0 bridgehead atoms. The van der Waals surface area contributed by atoms with Gasteiger partial charge in [-0.2, -0.15) is 0 Å². The molecule has 0 amide bonds. The standard InChI is InChI=1S/C20H22N2O/c1-4-15-9-5-7-13(2)18(15)21-12-17-11-16-10-6-8-14(3)19(16)22-20(17)23/h5-11,21H,4,12H2,1-3H3,(H,22,23). The van der Waals surface area contributed by atoms with Crippen LogP contribution >= 0.6 is 0 Å². The van der Waals surface area contributed by atoms with Gasteiger partial charge in [-0.3, -0.25) is 4.79 Å². The van der Waals surface area contributed by atoms with E-state index in [1.165, 1.54) is 11.1 Å². The zero-order valence-corrected chi connectivity index (χ0v) is 13.9. The van der Waals surface area contributed by atoms with E-state index in [-0.39, 0.29) is 5.56 Å². The molecule has 0 aliphatic heterocycles. The first-order chi connectivity index (χ1) is 11.1. The van der Waals surface area contributed by atoms with Gasteiger partial charge in [0.2, 0.25) is 0 Å². The summed E-state index contributed by atoms with van der Waals surface area (Å²) in [5, 5.41) is 4.52. The zero-order chi connectivity index (χ0) is 16.4. The van der Waals surface area contributed by atoms with Gasteiger partial charge >= 0.3 is 0 Å². The van der Waals surface area contributed by atoms with Crippen LogP contribution in [0.4, 0.5) is 5.69 Å². The summed E-state index contributed by atoms with van der Waals surface area (Å²) in [7, 11) is 0. The van der Waals surface area contributed by atoms with Crippen LogP contribution in [0.5, 0.6) is 0 Å². The number of aryl methyl sites for hydroxylation is 3. The van der Waals surface area contributed by atoms with Gasteiger partial charge in [-0.25, -0.2) is 0 Å². The summed E-state index contributed by atoms with van der Waals surface area (Å²) in [5.41, 5.74) is 6.37. The third-order valence-corrected chi connectivity index (χ3v) is 4.36. The Kier molecular flexibility index (Phi) is 4.20. The molecule has 0 spiro atoms. The highest BCUT2D eigenvalue weighted by molar-refractivity contribution is 5.82. The van der Waals surface area contributed by atoms with E-state index in [2.05, 4.69) is 42.3 Å². The molecule has 3 rings (SSSR count). The fraction of sp³-hybridized carbons (Fsp3) is 0.250. The molecule has 3 nitrogen and oxygen atoms in total. The average Bonchev–Trinajstić information content (AvgIpc) is 2.54. The molecule has 0 saturated carbocycles. The quantitative estimate of drug-likeness (QED) is 0.754. The van der Waals surface area contributed by atoms with Crippen molar-refractivity contribution < 1.29 is 0 Å². The minimum atomic E-state index is -0.0223. The minimum Gasteiger partial charge on any atom is -0.380 e.